The third-order valence-electron chi connectivity index (χ3n) is 4.63. The molecule has 1 amide bonds. The van der Waals surface area contributed by atoms with Crippen molar-refractivity contribution in [2.45, 2.75) is 57.2 Å². The van der Waals surface area contributed by atoms with E-state index >= 15 is 0 Å². The van der Waals surface area contributed by atoms with Crippen LogP contribution in [-0.2, 0) is 10.2 Å². The zero-order chi connectivity index (χ0) is 15.6. The maximum atomic E-state index is 12.8. The van der Waals surface area contributed by atoms with E-state index in [0.717, 1.165) is 18.4 Å². The summed E-state index contributed by atoms with van der Waals surface area (Å²) in [6, 6.07) is 11.1. The zero-order valence-electron chi connectivity index (χ0n) is 12.9. The minimum Gasteiger partial charge on any atom is -0.323 e. The van der Waals surface area contributed by atoms with Gasteiger partial charge in [0.1, 0.15) is 6.04 Å². The molecule has 3 atom stereocenters. The third kappa shape index (κ3) is 2.79. The van der Waals surface area contributed by atoms with Gasteiger partial charge < -0.3 is 10.6 Å². The molecule has 1 unspecified atom stereocenters. The fraction of sp³-hybridized carbons (Fsp3) is 0.529. The van der Waals surface area contributed by atoms with Crippen LogP contribution in [0.1, 0.15) is 39.2 Å². The van der Waals surface area contributed by atoms with E-state index in [-0.39, 0.29) is 18.0 Å². The Morgan fingerprint density at radius 2 is 2.00 bits per heavy atom. The Balaban J connectivity index is 2.25. The van der Waals surface area contributed by atoms with Gasteiger partial charge in [0.25, 0.3) is 0 Å². The molecular formula is C17H23N3O. The fourth-order valence-corrected chi connectivity index (χ4v) is 3.00. The zero-order valence-corrected chi connectivity index (χ0v) is 12.9. The van der Waals surface area contributed by atoms with Crippen molar-refractivity contribution in [3.63, 3.8) is 0 Å². The van der Waals surface area contributed by atoms with Crippen molar-refractivity contribution in [2.75, 3.05) is 0 Å². The van der Waals surface area contributed by atoms with Gasteiger partial charge in [-0.1, -0.05) is 44.2 Å². The number of carbonyl (C=O) groups is 1. The van der Waals surface area contributed by atoms with Crippen LogP contribution in [0.15, 0.2) is 30.3 Å². The van der Waals surface area contributed by atoms with E-state index in [1.807, 2.05) is 51.1 Å². The van der Waals surface area contributed by atoms with Crippen molar-refractivity contribution in [3.8, 4) is 6.07 Å². The van der Waals surface area contributed by atoms with Gasteiger partial charge in [-0.05, 0) is 25.3 Å². The summed E-state index contributed by atoms with van der Waals surface area (Å²) in [5.41, 5.74) is 6.85. The number of amides is 1. The molecule has 4 heteroatoms. The maximum absolute atomic E-state index is 12.8. The molecule has 4 nitrogen and oxygen atoms in total. The fourth-order valence-electron chi connectivity index (χ4n) is 3.00. The van der Waals surface area contributed by atoms with E-state index in [0.29, 0.717) is 0 Å². The van der Waals surface area contributed by atoms with Crippen LogP contribution in [0.4, 0.5) is 0 Å². The first-order valence-corrected chi connectivity index (χ1v) is 7.42. The van der Waals surface area contributed by atoms with Crippen LogP contribution in [0, 0.1) is 11.3 Å². The lowest BCUT2D eigenvalue weighted by Gasteiger charge is -2.36. The first-order valence-electron chi connectivity index (χ1n) is 7.42. The van der Waals surface area contributed by atoms with Crippen LogP contribution in [0.3, 0.4) is 0 Å². The minimum absolute atomic E-state index is 0.0831. The third-order valence-corrected chi connectivity index (χ3v) is 4.63. The number of benzene rings is 1. The Hall–Kier alpha value is -1.86. The molecule has 1 aliphatic heterocycles. The standard InChI is InChI=1S/C17H23N3O/c1-12-9-10-14(11-18)20(12)16(21)15(19)17(2,3)13-7-5-4-6-8-13/h4-8,12,14-15H,9-10,19H2,1-3H3/t12-,14+,15?/m1/s1. The van der Waals surface area contributed by atoms with Gasteiger partial charge in [0.15, 0.2) is 0 Å². The molecule has 1 heterocycles. The van der Waals surface area contributed by atoms with Gasteiger partial charge in [-0.2, -0.15) is 5.26 Å². The molecule has 0 saturated carbocycles. The quantitative estimate of drug-likeness (QED) is 0.925. The monoisotopic (exact) mass is 285 g/mol. The molecule has 21 heavy (non-hydrogen) atoms. The first kappa shape index (κ1) is 15.5. The molecule has 112 valence electrons. The number of hydrogen-bond donors (Lipinski definition) is 1. The molecule has 0 aromatic heterocycles. The molecule has 0 aliphatic carbocycles. The summed E-state index contributed by atoms with van der Waals surface area (Å²) in [6.07, 6.45) is 1.60. The van der Waals surface area contributed by atoms with Crippen LogP contribution < -0.4 is 5.73 Å². The SMILES string of the molecule is C[C@@H]1CC[C@@H](C#N)N1C(=O)C(N)C(C)(C)c1ccccc1. The van der Waals surface area contributed by atoms with Gasteiger partial charge >= 0.3 is 0 Å². The van der Waals surface area contributed by atoms with E-state index in [4.69, 9.17) is 5.73 Å². The predicted molar refractivity (Wildman–Crippen MR) is 82.4 cm³/mol. The van der Waals surface area contributed by atoms with Crippen molar-refractivity contribution in [1.29, 1.82) is 5.26 Å². The molecule has 1 fully saturated rings. The Kier molecular flexibility index (Phi) is 4.34. The molecule has 2 rings (SSSR count). The molecule has 1 aromatic rings. The number of likely N-dealkylation sites (tertiary alicyclic amines) is 1. The summed E-state index contributed by atoms with van der Waals surface area (Å²) >= 11 is 0. The summed E-state index contributed by atoms with van der Waals surface area (Å²) < 4.78 is 0. The molecule has 2 N–H and O–H groups in total. The second kappa shape index (κ2) is 5.87. The molecule has 0 radical (unpaired) electrons. The summed E-state index contributed by atoms with van der Waals surface area (Å²) in [5.74, 6) is -0.125. The normalized spacial score (nSPS) is 23.7. The highest BCUT2D eigenvalue weighted by molar-refractivity contribution is 5.84. The summed E-state index contributed by atoms with van der Waals surface area (Å²) in [7, 11) is 0. The van der Waals surface area contributed by atoms with Crippen LogP contribution in [0.5, 0.6) is 0 Å². The van der Waals surface area contributed by atoms with Crippen molar-refractivity contribution in [3.05, 3.63) is 35.9 Å². The largest absolute Gasteiger partial charge is 0.323 e. The lowest BCUT2D eigenvalue weighted by atomic mass is 9.77. The summed E-state index contributed by atoms with van der Waals surface area (Å²) in [5, 5.41) is 9.22. The van der Waals surface area contributed by atoms with Gasteiger partial charge in [-0.15, -0.1) is 0 Å². The Bertz CT molecular complexity index is 547. The van der Waals surface area contributed by atoms with Gasteiger partial charge in [-0.3, -0.25) is 4.79 Å². The molecule has 1 saturated heterocycles. The van der Waals surface area contributed by atoms with E-state index < -0.39 is 11.5 Å². The molecule has 1 aliphatic rings. The van der Waals surface area contributed by atoms with Crippen LogP contribution in [0.25, 0.3) is 0 Å². The lowest BCUT2D eigenvalue weighted by molar-refractivity contribution is -0.135. The van der Waals surface area contributed by atoms with Crippen molar-refractivity contribution in [1.82, 2.24) is 4.90 Å². The minimum atomic E-state index is -0.656. The van der Waals surface area contributed by atoms with Gasteiger partial charge in [0.2, 0.25) is 5.91 Å². The highest BCUT2D eigenvalue weighted by atomic mass is 16.2. The molecular weight excluding hydrogens is 262 g/mol. The number of nitriles is 1. The average Bonchev–Trinajstić information content (AvgIpc) is 2.87. The molecule has 1 aromatic carbocycles. The maximum Gasteiger partial charge on any atom is 0.241 e. The summed E-state index contributed by atoms with van der Waals surface area (Å²) in [6.45, 7) is 5.94. The summed E-state index contributed by atoms with van der Waals surface area (Å²) in [4.78, 5) is 14.5. The Morgan fingerprint density at radius 3 is 2.57 bits per heavy atom. The van der Waals surface area contributed by atoms with Gasteiger partial charge in [-0.25, -0.2) is 0 Å². The number of nitrogens with two attached hydrogens (primary N) is 1. The second-order valence-corrected chi connectivity index (χ2v) is 6.38. The topological polar surface area (TPSA) is 70.1 Å². The molecule has 0 spiro atoms. The van der Waals surface area contributed by atoms with E-state index in [2.05, 4.69) is 6.07 Å². The van der Waals surface area contributed by atoms with Gasteiger partial charge in [0.05, 0.1) is 12.1 Å². The van der Waals surface area contributed by atoms with Crippen molar-refractivity contribution in [2.24, 2.45) is 5.73 Å². The van der Waals surface area contributed by atoms with Crippen LogP contribution >= 0.6 is 0 Å². The van der Waals surface area contributed by atoms with E-state index in [1.165, 1.54) is 0 Å². The van der Waals surface area contributed by atoms with Crippen LogP contribution in [-0.4, -0.2) is 28.9 Å². The van der Waals surface area contributed by atoms with E-state index in [1.54, 1.807) is 4.90 Å². The van der Waals surface area contributed by atoms with Crippen LogP contribution in [0.2, 0.25) is 0 Å². The molecule has 0 bridgehead atoms. The van der Waals surface area contributed by atoms with Gasteiger partial charge in [0, 0.05) is 11.5 Å². The highest BCUT2D eigenvalue weighted by Gasteiger charge is 2.42. The Labute approximate surface area is 126 Å². The number of hydrogen-bond acceptors (Lipinski definition) is 3. The average molecular weight is 285 g/mol. The van der Waals surface area contributed by atoms with Crippen molar-refractivity contribution < 1.29 is 4.79 Å². The number of rotatable bonds is 3. The van der Waals surface area contributed by atoms with Crippen molar-refractivity contribution >= 4 is 5.91 Å². The first-order chi connectivity index (χ1) is 9.89. The smallest absolute Gasteiger partial charge is 0.241 e. The number of nitrogens with zero attached hydrogens (tertiary/aromatic N) is 2. The highest BCUT2D eigenvalue weighted by Crippen LogP contribution is 2.30. The second-order valence-electron chi connectivity index (χ2n) is 6.38. The predicted octanol–water partition coefficient (Wildman–Crippen LogP) is 2.19. The Morgan fingerprint density at radius 1 is 1.38 bits per heavy atom. The van der Waals surface area contributed by atoms with E-state index in [9.17, 15) is 10.1 Å². The lowest BCUT2D eigenvalue weighted by Crippen LogP contribution is -2.55. The number of carbonyl (C=O) groups excluding carboxylic acids is 1.